The van der Waals surface area contributed by atoms with E-state index in [4.69, 9.17) is 35.3 Å². The topological polar surface area (TPSA) is 177 Å². The number of rotatable bonds is 14. The first-order valence-corrected chi connectivity index (χ1v) is 14.9. The summed E-state index contributed by atoms with van der Waals surface area (Å²) in [6.45, 7) is 4.05. The summed E-state index contributed by atoms with van der Waals surface area (Å²) in [5.74, 6) is -7.81. The normalized spacial score (nSPS) is 11.4. The molecule has 4 aromatic rings. The van der Waals surface area contributed by atoms with Gasteiger partial charge in [-0.15, -0.1) is 0 Å². The second-order valence-corrected chi connectivity index (χ2v) is 10.6. The molecule has 0 aliphatic carbocycles. The van der Waals surface area contributed by atoms with Crippen LogP contribution >= 0.6 is 0 Å². The Hall–Kier alpha value is -5.93. The highest BCUT2D eigenvalue weighted by Crippen LogP contribution is 2.38. The molecule has 50 heavy (non-hydrogen) atoms. The third-order valence-corrected chi connectivity index (χ3v) is 6.58. The molecule has 3 aromatic carbocycles. The third-order valence-electron chi connectivity index (χ3n) is 6.58. The first kappa shape index (κ1) is 38.5. The first-order chi connectivity index (χ1) is 23.6. The molecular formula is C34H33F5N4O7. The Kier molecular flexibility index (Phi) is 13.5. The molecule has 1 aromatic heterocycles. The molecule has 11 nitrogen and oxygen atoms in total. The molecule has 0 spiro atoms. The van der Waals surface area contributed by atoms with E-state index in [0.29, 0.717) is 37.2 Å². The van der Waals surface area contributed by atoms with Gasteiger partial charge in [0.25, 0.3) is 11.8 Å². The molecule has 6 N–H and O–H groups in total. The number of nitrogens with one attached hydrogen (secondary N) is 2. The fraction of sp³-hybridized carbons (Fsp3) is 0.235. The molecule has 0 bridgehead atoms. The summed E-state index contributed by atoms with van der Waals surface area (Å²) in [6.07, 6.45) is -3.17. The van der Waals surface area contributed by atoms with Crippen LogP contribution in [0.2, 0.25) is 0 Å². The number of carbonyl (C=O) groups is 2. The number of hydrogen-bond donors (Lipinski definition) is 5. The average molecular weight is 705 g/mol. The molecule has 4 rings (SSSR count). The summed E-state index contributed by atoms with van der Waals surface area (Å²) in [5.41, 5.74) is 6.09. The Labute approximate surface area is 282 Å². The minimum Gasteiger partial charge on any atom is -0.494 e. The molecule has 1 unspecified atom stereocenters. The molecular weight excluding hydrogens is 671 g/mol. The molecule has 0 radical (unpaired) electrons. The van der Waals surface area contributed by atoms with E-state index in [2.05, 4.69) is 10.3 Å². The van der Waals surface area contributed by atoms with Gasteiger partial charge in [0.15, 0.2) is 0 Å². The number of ether oxygens (including phenoxy) is 3. The Balaban J connectivity index is 0.000000872. The van der Waals surface area contributed by atoms with Gasteiger partial charge < -0.3 is 35.5 Å². The van der Waals surface area contributed by atoms with Crippen molar-refractivity contribution in [3.63, 3.8) is 0 Å². The number of alkyl halides is 3. The molecule has 266 valence electrons. The number of nitrogen functional groups attached to an aromatic ring is 1. The smallest absolute Gasteiger partial charge is 0.490 e. The van der Waals surface area contributed by atoms with Crippen molar-refractivity contribution in [3.05, 3.63) is 101 Å². The lowest BCUT2D eigenvalue weighted by Crippen LogP contribution is -2.21. The van der Waals surface area contributed by atoms with Crippen LogP contribution in [0.15, 0.2) is 72.8 Å². The predicted molar refractivity (Wildman–Crippen MR) is 172 cm³/mol. The number of carboxylic acid groups (broad SMARTS) is 2. The zero-order valence-corrected chi connectivity index (χ0v) is 26.7. The number of nitrogens with zero attached hydrogens (tertiary/aromatic N) is 1. The van der Waals surface area contributed by atoms with Gasteiger partial charge in [0.2, 0.25) is 11.6 Å². The van der Waals surface area contributed by atoms with Crippen molar-refractivity contribution in [2.24, 2.45) is 5.73 Å². The molecule has 0 saturated carbocycles. The van der Waals surface area contributed by atoms with Crippen molar-refractivity contribution in [2.45, 2.75) is 45.3 Å². The van der Waals surface area contributed by atoms with Crippen LogP contribution in [0.3, 0.4) is 0 Å². The third kappa shape index (κ3) is 11.1. The van der Waals surface area contributed by atoms with Crippen molar-refractivity contribution < 1.29 is 56.0 Å². The number of anilines is 1. The number of hydrogen-bond acceptors (Lipinski definition) is 8. The highest BCUT2D eigenvalue weighted by atomic mass is 19.4. The van der Waals surface area contributed by atoms with Crippen LogP contribution in [0, 0.1) is 17.0 Å². The van der Waals surface area contributed by atoms with Crippen molar-refractivity contribution >= 4 is 23.5 Å². The van der Waals surface area contributed by atoms with E-state index in [1.807, 2.05) is 37.3 Å². The lowest BCUT2D eigenvalue weighted by atomic mass is 10.1. The first-order valence-electron chi connectivity index (χ1n) is 14.9. The van der Waals surface area contributed by atoms with Crippen LogP contribution in [0.5, 0.6) is 29.0 Å². The number of benzene rings is 3. The second-order valence-electron chi connectivity index (χ2n) is 10.6. The highest BCUT2D eigenvalue weighted by Gasteiger charge is 2.38. The van der Waals surface area contributed by atoms with Crippen LogP contribution in [0.1, 0.15) is 48.2 Å². The number of halogens is 5. The van der Waals surface area contributed by atoms with Gasteiger partial charge in [0, 0.05) is 11.6 Å². The maximum atomic E-state index is 15.8. The fourth-order valence-corrected chi connectivity index (χ4v) is 4.13. The number of aliphatic carboxylic acids is 1. The Bertz CT molecular complexity index is 1810. The summed E-state index contributed by atoms with van der Waals surface area (Å²) in [6, 6.07) is 19.3. The Morgan fingerprint density at radius 2 is 1.58 bits per heavy atom. The standard InChI is InChI=1S/C32H32F2N4O5.C2HF3O2/c1-3-16-41-22-14-15-25(24(18-22)32(39)40)43-31-27(34)28(37-19(2)12-13-20-8-5-4-6-9-20)26(33)30(38-31)42-23-11-7-10-21(17-23)29(35)36;3-2(4,5)1(6)7/h4-11,14-15,17-19H,3,12-13,16H2,1-2H3,(H3,35,36)(H,37,38)(H,39,40);(H,6,7). The quantitative estimate of drug-likeness (QED) is 0.0495. The van der Waals surface area contributed by atoms with Gasteiger partial charge in [0.05, 0.1) is 6.61 Å². The monoisotopic (exact) mass is 704 g/mol. The summed E-state index contributed by atoms with van der Waals surface area (Å²) in [7, 11) is 0. The molecule has 1 atom stereocenters. The van der Waals surface area contributed by atoms with Gasteiger partial charge >= 0.3 is 18.1 Å². The van der Waals surface area contributed by atoms with E-state index in [9.17, 15) is 23.1 Å². The van der Waals surface area contributed by atoms with Gasteiger partial charge in [-0.25, -0.2) is 9.59 Å². The molecule has 0 aliphatic rings. The van der Waals surface area contributed by atoms with Crippen LogP contribution < -0.4 is 25.3 Å². The predicted octanol–water partition coefficient (Wildman–Crippen LogP) is 7.78. The zero-order chi connectivity index (χ0) is 37.0. The number of nitrogens with two attached hydrogens (primary N) is 1. The van der Waals surface area contributed by atoms with Gasteiger partial charge in [-0.1, -0.05) is 49.4 Å². The fourth-order valence-electron chi connectivity index (χ4n) is 4.13. The van der Waals surface area contributed by atoms with E-state index in [0.717, 1.165) is 5.56 Å². The van der Waals surface area contributed by atoms with Gasteiger partial charge in [-0.2, -0.15) is 26.9 Å². The average Bonchev–Trinajstić information content (AvgIpc) is 3.07. The summed E-state index contributed by atoms with van der Waals surface area (Å²) < 4.78 is 80.2. The van der Waals surface area contributed by atoms with Crippen molar-refractivity contribution in [3.8, 4) is 29.0 Å². The van der Waals surface area contributed by atoms with Crippen LogP contribution in [-0.2, 0) is 11.2 Å². The van der Waals surface area contributed by atoms with Gasteiger partial charge in [0.1, 0.15) is 34.3 Å². The molecule has 1 heterocycles. The maximum Gasteiger partial charge on any atom is 0.490 e. The highest BCUT2D eigenvalue weighted by molar-refractivity contribution is 5.95. The van der Waals surface area contributed by atoms with E-state index in [1.54, 1.807) is 19.1 Å². The Morgan fingerprint density at radius 3 is 2.16 bits per heavy atom. The van der Waals surface area contributed by atoms with Crippen LogP contribution in [-0.4, -0.2) is 51.8 Å². The summed E-state index contributed by atoms with van der Waals surface area (Å²) >= 11 is 0. The van der Waals surface area contributed by atoms with Crippen LogP contribution in [0.4, 0.5) is 27.6 Å². The molecule has 16 heteroatoms. The summed E-state index contributed by atoms with van der Waals surface area (Å²) in [4.78, 5) is 24.8. The van der Waals surface area contributed by atoms with Crippen molar-refractivity contribution in [2.75, 3.05) is 11.9 Å². The Morgan fingerprint density at radius 1 is 0.940 bits per heavy atom. The summed E-state index contributed by atoms with van der Waals surface area (Å²) in [5, 5.41) is 27.4. The zero-order valence-electron chi connectivity index (χ0n) is 26.7. The molecule has 0 amide bonds. The van der Waals surface area contributed by atoms with E-state index in [1.165, 1.54) is 30.3 Å². The lowest BCUT2D eigenvalue weighted by molar-refractivity contribution is -0.192. The maximum absolute atomic E-state index is 15.8. The number of amidine groups is 1. The minimum absolute atomic E-state index is 0.0865. The van der Waals surface area contributed by atoms with E-state index in [-0.39, 0.29) is 22.9 Å². The second kappa shape index (κ2) is 17.5. The number of aryl methyl sites for hydroxylation is 1. The SMILES string of the molecule is CCCOc1ccc(Oc2nc(Oc3cccc(C(=N)N)c3)c(F)c(NC(C)CCc3ccccc3)c2F)c(C(=O)O)c1.O=C(O)C(F)(F)F. The molecule has 0 saturated heterocycles. The van der Waals surface area contributed by atoms with Gasteiger partial charge in [-0.05, 0) is 62.1 Å². The van der Waals surface area contributed by atoms with Crippen molar-refractivity contribution in [1.82, 2.24) is 4.98 Å². The van der Waals surface area contributed by atoms with Crippen molar-refractivity contribution in [1.29, 1.82) is 5.41 Å². The minimum atomic E-state index is -5.08. The number of pyridine rings is 1. The number of carboxylic acids is 2. The molecule has 0 fully saturated rings. The number of aromatic nitrogens is 1. The lowest BCUT2D eigenvalue weighted by Gasteiger charge is -2.19. The number of aromatic carboxylic acids is 1. The van der Waals surface area contributed by atoms with Gasteiger partial charge in [-0.3, -0.25) is 5.41 Å². The molecule has 0 aliphatic heterocycles. The van der Waals surface area contributed by atoms with E-state index < -0.39 is 53.2 Å². The van der Waals surface area contributed by atoms with Crippen LogP contribution in [0.25, 0.3) is 0 Å². The van der Waals surface area contributed by atoms with E-state index >= 15 is 8.78 Å². The largest absolute Gasteiger partial charge is 0.494 e.